The third-order valence-electron chi connectivity index (χ3n) is 2.83. The van der Waals surface area contributed by atoms with Gasteiger partial charge in [-0.2, -0.15) is 13.2 Å². The minimum atomic E-state index is -4.80. The lowest BCUT2D eigenvalue weighted by molar-refractivity contribution is -0.139. The molecule has 0 bridgehead atoms. The van der Waals surface area contributed by atoms with E-state index in [-0.39, 0.29) is 17.0 Å². The third-order valence-corrected chi connectivity index (χ3v) is 3.69. The molecule has 0 aliphatic carbocycles. The summed E-state index contributed by atoms with van der Waals surface area (Å²) in [6.45, 7) is 0. The molecule has 0 fully saturated rings. The number of sulfone groups is 1. The largest absolute Gasteiger partial charge is 0.419 e. The van der Waals surface area contributed by atoms with Crippen LogP contribution < -0.4 is 0 Å². The normalized spacial score (nSPS) is 12.4. The van der Waals surface area contributed by atoms with Crippen LogP contribution in [0.3, 0.4) is 0 Å². The van der Waals surface area contributed by atoms with Gasteiger partial charge in [0, 0.05) is 18.0 Å². The van der Waals surface area contributed by atoms with Crippen LogP contribution in [-0.2, 0) is 21.8 Å². The summed E-state index contributed by atoms with van der Waals surface area (Å²) in [5.41, 5.74) is -1.28. The van der Waals surface area contributed by atoms with Gasteiger partial charge in [-0.1, -0.05) is 12.1 Å². The van der Waals surface area contributed by atoms with Crippen molar-refractivity contribution in [2.75, 3.05) is 6.26 Å². The van der Waals surface area contributed by atoms with Crippen molar-refractivity contribution in [1.29, 1.82) is 0 Å². The summed E-state index contributed by atoms with van der Waals surface area (Å²) >= 11 is 0. The van der Waals surface area contributed by atoms with E-state index >= 15 is 0 Å². The highest BCUT2D eigenvalue weighted by molar-refractivity contribution is 7.89. The van der Waals surface area contributed by atoms with Gasteiger partial charge in [0.05, 0.1) is 17.0 Å². The zero-order chi connectivity index (χ0) is 16.5. The number of aromatic nitrogens is 1. The molecule has 0 amide bonds. The first kappa shape index (κ1) is 16.4. The van der Waals surface area contributed by atoms with Gasteiger partial charge in [-0.25, -0.2) is 12.8 Å². The maximum absolute atomic E-state index is 14.0. The number of hydrogen-bond donors (Lipinski definition) is 0. The predicted molar refractivity (Wildman–Crippen MR) is 73.2 cm³/mol. The summed E-state index contributed by atoms with van der Waals surface area (Å²) in [7, 11) is -3.25. The van der Waals surface area contributed by atoms with Crippen LogP contribution in [0.15, 0.2) is 36.5 Å². The Hall–Kier alpha value is -1.96. The van der Waals surface area contributed by atoms with E-state index in [1.807, 2.05) is 0 Å². The van der Waals surface area contributed by atoms with Crippen molar-refractivity contribution in [3.05, 3.63) is 53.5 Å². The number of halogens is 4. The second-order valence-electron chi connectivity index (χ2n) is 4.79. The summed E-state index contributed by atoms with van der Waals surface area (Å²) < 4.78 is 74.3. The Balaban J connectivity index is 2.41. The van der Waals surface area contributed by atoms with E-state index in [0.717, 1.165) is 12.3 Å². The van der Waals surface area contributed by atoms with Gasteiger partial charge in [0.25, 0.3) is 0 Å². The quantitative estimate of drug-likeness (QED) is 0.808. The first-order chi connectivity index (χ1) is 10.1. The highest BCUT2D eigenvalue weighted by Gasteiger charge is 2.35. The van der Waals surface area contributed by atoms with Gasteiger partial charge in [-0.15, -0.1) is 0 Å². The standard InChI is InChI=1S/C14H11F4NO2S/c1-22(20,21)8-9-5-6-12(19-7-9)10-3-2-4-11(13(10)15)14(16,17)18/h2-7H,8H2,1H3. The first-order valence-corrected chi connectivity index (χ1v) is 8.13. The van der Waals surface area contributed by atoms with Crippen LogP contribution in [0.25, 0.3) is 11.3 Å². The molecule has 0 saturated heterocycles. The summed E-state index contributed by atoms with van der Waals surface area (Å²) in [4.78, 5) is 3.85. The predicted octanol–water partition coefficient (Wildman–Crippen LogP) is 3.45. The molecule has 0 saturated carbocycles. The minimum absolute atomic E-state index is 0.000788. The second kappa shape index (κ2) is 5.68. The summed E-state index contributed by atoms with van der Waals surface area (Å²) in [6.07, 6.45) is -2.54. The molecule has 0 spiro atoms. The van der Waals surface area contributed by atoms with Crippen molar-refractivity contribution in [1.82, 2.24) is 4.98 Å². The molecule has 8 heteroatoms. The van der Waals surface area contributed by atoms with Crippen molar-refractivity contribution >= 4 is 9.84 Å². The third kappa shape index (κ3) is 3.82. The number of nitrogens with zero attached hydrogens (tertiary/aromatic N) is 1. The number of hydrogen-bond acceptors (Lipinski definition) is 3. The molecule has 118 valence electrons. The van der Waals surface area contributed by atoms with Crippen molar-refractivity contribution in [3.63, 3.8) is 0 Å². The van der Waals surface area contributed by atoms with Crippen molar-refractivity contribution in [2.24, 2.45) is 0 Å². The van der Waals surface area contributed by atoms with Gasteiger partial charge in [-0.05, 0) is 23.8 Å². The van der Waals surface area contributed by atoms with Crippen LogP contribution in [0.4, 0.5) is 17.6 Å². The van der Waals surface area contributed by atoms with Gasteiger partial charge in [-0.3, -0.25) is 4.98 Å². The SMILES string of the molecule is CS(=O)(=O)Cc1ccc(-c2cccc(C(F)(F)F)c2F)nc1. The Morgan fingerprint density at radius 3 is 2.32 bits per heavy atom. The first-order valence-electron chi connectivity index (χ1n) is 6.06. The van der Waals surface area contributed by atoms with Crippen molar-refractivity contribution in [3.8, 4) is 11.3 Å². The van der Waals surface area contributed by atoms with Gasteiger partial charge in [0.2, 0.25) is 0 Å². The molecular weight excluding hydrogens is 322 g/mol. The number of rotatable bonds is 3. The molecule has 1 aromatic heterocycles. The molecule has 22 heavy (non-hydrogen) atoms. The second-order valence-corrected chi connectivity index (χ2v) is 6.93. The highest BCUT2D eigenvalue weighted by atomic mass is 32.2. The summed E-state index contributed by atoms with van der Waals surface area (Å²) in [6, 6.07) is 5.61. The van der Waals surface area contributed by atoms with E-state index < -0.39 is 27.4 Å². The smallest absolute Gasteiger partial charge is 0.256 e. The molecule has 2 aromatic rings. The van der Waals surface area contributed by atoms with Crippen LogP contribution in [-0.4, -0.2) is 19.7 Å². The van der Waals surface area contributed by atoms with Gasteiger partial charge < -0.3 is 0 Å². The molecule has 0 radical (unpaired) electrons. The summed E-state index contributed by atoms with van der Waals surface area (Å²) in [5, 5.41) is 0. The molecule has 0 aliphatic heterocycles. The van der Waals surface area contributed by atoms with Crippen LogP contribution in [0.1, 0.15) is 11.1 Å². The van der Waals surface area contributed by atoms with E-state index in [2.05, 4.69) is 4.98 Å². The molecule has 0 aliphatic rings. The molecular formula is C14H11F4NO2S. The zero-order valence-electron chi connectivity index (χ0n) is 11.4. The van der Waals surface area contributed by atoms with E-state index in [1.165, 1.54) is 24.4 Å². The lowest BCUT2D eigenvalue weighted by Gasteiger charge is -2.11. The number of benzene rings is 1. The maximum atomic E-state index is 14.0. The number of alkyl halides is 3. The Kier molecular flexibility index (Phi) is 4.23. The molecule has 0 N–H and O–H groups in total. The molecule has 2 rings (SSSR count). The van der Waals surface area contributed by atoms with E-state index in [4.69, 9.17) is 0 Å². The fourth-order valence-corrected chi connectivity index (χ4v) is 2.70. The van der Waals surface area contributed by atoms with Gasteiger partial charge in [0.15, 0.2) is 9.84 Å². The molecule has 1 aromatic carbocycles. The summed E-state index contributed by atoms with van der Waals surface area (Å²) in [5.74, 6) is -1.65. The van der Waals surface area contributed by atoms with Gasteiger partial charge >= 0.3 is 6.18 Å². The van der Waals surface area contributed by atoms with Crippen molar-refractivity contribution in [2.45, 2.75) is 11.9 Å². The van der Waals surface area contributed by atoms with Crippen molar-refractivity contribution < 1.29 is 26.0 Å². The van der Waals surface area contributed by atoms with E-state index in [1.54, 1.807) is 0 Å². The van der Waals surface area contributed by atoms with Crippen LogP contribution in [0.5, 0.6) is 0 Å². The Bertz CT molecular complexity index is 783. The van der Waals surface area contributed by atoms with Gasteiger partial charge in [0.1, 0.15) is 5.82 Å². The molecule has 0 unspecified atom stereocenters. The lowest BCUT2D eigenvalue weighted by Crippen LogP contribution is -2.09. The molecule has 1 heterocycles. The fourth-order valence-electron chi connectivity index (χ4n) is 1.92. The van der Waals surface area contributed by atoms with Crippen LogP contribution in [0, 0.1) is 5.82 Å². The fraction of sp³-hybridized carbons (Fsp3) is 0.214. The minimum Gasteiger partial charge on any atom is -0.256 e. The average molecular weight is 333 g/mol. The topological polar surface area (TPSA) is 47.0 Å². The van der Waals surface area contributed by atoms with Crippen LogP contribution >= 0.6 is 0 Å². The maximum Gasteiger partial charge on any atom is 0.419 e. The zero-order valence-corrected chi connectivity index (χ0v) is 12.2. The average Bonchev–Trinajstić information content (AvgIpc) is 2.37. The molecule has 0 atom stereocenters. The Morgan fingerprint density at radius 1 is 1.14 bits per heavy atom. The lowest BCUT2D eigenvalue weighted by atomic mass is 10.1. The molecule has 3 nitrogen and oxygen atoms in total. The Morgan fingerprint density at radius 2 is 1.82 bits per heavy atom. The van der Waals surface area contributed by atoms with E-state index in [9.17, 15) is 26.0 Å². The number of pyridine rings is 1. The van der Waals surface area contributed by atoms with Crippen LogP contribution in [0.2, 0.25) is 0 Å². The van der Waals surface area contributed by atoms with E-state index in [0.29, 0.717) is 11.6 Å². The Labute approximate surface area is 124 Å². The highest BCUT2D eigenvalue weighted by Crippen LogP contribution is 2.34. The monoisotopic (exact) mass is 333 g/mol.